The molecule has 0 saturated carbocycles. The van der Waals surface area contributed by atoms with Crippen molar-refractivity contribution in [3.05, 3.63) is 89.5 Å². The number of amides is 1. The van der Waals surface area contributed by atoms with Gasteiger partial charge in [0.25, 0.3) is 5.91 Å². The van der Waals surface area contributed by atoms with Crippen LogP contribution in [0.15, 0.2) is 72.8 Å². The van der Waals surface area contributed by atoms with Crippen LogP contribution in [-0.2, 0) is 4.79 Å². The van der Waals surface area contributed by atoms with Gasteiger partial charge in [0.2, 0.25) is 0 Å². The second-order valence-corrected chi connectivity index (χ2v) is 6.54. The molecule has 138 valence electrons. The van der Waals surface area contributed by atoms with Crippen molar-refractivity contribution in [2.45, 2.75) is 6.42 Å². The zero-order chi connectivity index (χ0) is 19.7. The Morgan fingerprint density at radius 1 is 0.786 bits per heavy atom. The molecular weight excluding hydrogens is 354 g/mol. The molecule has 0 fully saturated rings. The number of para-hydroxylation sites is 1. The van der Waals surface area contributed by atoms with Gasteiger partial charge < -0.3 is 10.0 Å². The highest BCUT2D eigenvalue weighted by Crippen LogP contribution is 2.39. The molecule has 1 aliphatic carbocycles. The van der Waals surface area contributed by atoms with Gasteiger partial charge in [-0.25, -0.2) is 0 Å². The zero-order valence-corrected chi connectivity index (χ0v) is 15.0. The molecule has 5 nitrogen and oxygen atoms in total. The number of carbonyl (C=O) groups excluding carboxylic acids is 2. The number of anilines is 1. The minimum atomic E-state index is -0.979. The molecule has 28 heavy (non-hydrogen) atoms. The molecule has 3 aromatic carbocycles. The number of hydrogen-bond acceptors (Lipinski definition) is 3. The first-order valence-corrected chi connectivity index (χ1v) is 8.94. The second-order valence-electron chi connectivity index (χ2n) is 6.54. The number of aliphatic carboxylic acids is 1. The third-order valence-corrected chi connectivity index (χ3v) is 4.84. The lowest BCUT2D eigenvalue weighted by Gasteiger charge is -2.23. The van der Waals surface area contributed by atoms with Gasteiger partial charge in [-0.3, -0.25) is 14.4 Å². The second kappa shape index (κ2) is 7.12. The molecule has 0 heterocycles. The fourth-order valence-electron chi connectivity index (χ4n) is 3.56. The van der Waals surface area contributed by atoms with E-state index in [1.165, 1.54) is 4.90 Å². The van der Waals surface area contributed by atoms with Crippen LogP contribution in [0.5, 0.6) is 0 Å². The third kappa shape index (κ3) is 2.97. The summed E-state index contributed by atoms with van der Waals surface area (Å²) in [6.45, 7) is 0.0391. The minimum Gasteiger partial charge on any atom is -0.481 e. The SMILES string of the molecule is O=C(O)CCN(C(=O)c1cccc2c1-c1ccccc1C2=O)c1ccccc1. The van der Waals surface area contributed by atoms with Crippen LogP contribution in [0.2, 0.25) is 0 Å². The Morgan fingerprint density at radius 3 is 2.14 bits per heavy atom. The molecule has 1 aliphatic rings. The number of fused-ring (bicyclic) bond motifs is 3. The standard InChI is InChI=1S/C23H17NO4/c25-20(26)13-14-24(15-7-2-1-3-8-15)23(28)19-12-6-11-18-21(19)16-9-4-5-10-17(16)22(18)27/h1-12H,13-14H2,(H,25,26). The van der Waals surface area contributed by atoms with Gasteiger partial charge in [-0.05, 0) is 23.8 Å². The highest BCUT2D eigenvalue weighted by molar-refractivity contribution is 6.25. The van der Waals surface area contributed by atoms with E-state index < -0.39 is 5.97 Å². The first-order chi connectivity index (χ1) is 13.6. The molecule has 0 unspecified atom stereocenters. The number of hydrogen-bond donors (Lipinski definition) is 1. The monoisotopic (exact) mass is 371 g/mol. The molecule has 0 aliphatic heterocycles. The number of carboxylic acids is 1. The third-order valence-electron chi connectivity index (χ3n) is 4.84. The van der Waals surface area contributed by atoms with E-state index in [-0.39, 0.29) is 24.7 Å². The first kappa shape index (κ1) is 17.7. The maximum atomic E-state index is 13.5. The van der Waals surface area contributed by atoms with E-state index in [1.807, 2.05) is 18.2 Å². The largest absolute Gasteiger partial charge is 0.481 e. The Morgan fingerprint density at radius 2 is 1.43 bits per heavy atom. The predicted molar refractivity (Wildman–Crippen MR) is 106 cm³/mol. The Hall–Kier alpha value is -3.73. The van der Waals surface area contributed by atoms with Gasteiger partial charge in [-0.1, -0.05) is 54.6 Å². The number of rotatable bonds is 5. The summed E-state index contributed by atoms with van der Waals surface area (Å²) in [6, 6.07) is 21.3. The van der Waals surface area contributed by atoms with E-state index in [4.69, 9.17) is 5.11 Å². The van der Waals surface area contributed by atoms with Gasteiger partial charge in [-0.2, -0.15) is 0 Å². The fourth-order valence-corrected chi connectivity index (χ4v) is 3.56. The van der Waals surface area contributed by atoms with Crippen molar-refractivity contribution in [1.29, 1.82) is 0 Å². The van der Waals surface area contributed by atoms with Crippen molar-refractivity contribution in [1.82, 2.24) is 0 Å². The van der Waals surface area contributed by atoms with Gasteiger partial charge in [0.15, 0.2) is 5.78 Å². The van der Waals surface area contributed by atoms with Crippen LogP contribution < -0.4 is 4.90 Å². The molecule has 3 aromatic rings. The summed E-state index contributed by atoms with van der Waals surface area (Å²) in [5.74, 6) is -1.40. The van der Waals surface area contributed by atoms with Gasteiger partial charge in [0, 0.05) is 34.5 Å². The number of nitrogens with zero attached hydrogens (tertiary/aromatic N) is 1. The van der Waals surface area contributed by atoms with E-state index in [9.17, 15) is 14.4 Å². The van der Waals surface area contributed by atoms with E-state index in [2.05, 4.69) is 0 Å². The summed E-state index contributed by atoms with van der Waals surface area (Å²) in [5, 5.41) is 9.10. The Bertz CT molecular complexity index is 1090. The molecule has 1 N–H and O–H groups in total. The van der Waals surface area contributed by atoms with Crippen molar-refractivity contribution >= 4 is 23.3 Å². The number of carbonyl (C=O) groups is 3. The van der Waals surface area contributed by atoms with Crippen LogP contribution in [0.1, 0.15) is 32.7 Å². The normalized spacial score (nSPS) is 11.6. The number of ketones is 1. The van der Waals surface area contributed by atoms with Crippen LogP contribution in [0, 0.1) is 0 Å². The van der Waals surface area contributed by atoms with Crippen LogP contribution in [-0.4, -0.2) is 29.3 Å². The molecule has 4 rings (SSSR count). The molecule has 0 aromatic heterocycles. The lowest BCUT2D eigenvalue weighted by atomic mass is 9.98. The quantitative estimate of drug-likeness (QED) is 0.575. The predicted octanol–water partition coefficient (Wildman–Crippen LogP) is 4.02. The Labute approximate surface area is 161 Å². The lowest BCUT2D eigenvalue weighted by molar-refractivity contribution is -0.136. The van der Waals surface area contributed by atoms with E-state index in [1.54, 1.807) is 54.6 Å². The molecule has 1 amide bonds. The van der Waals surface area contributed by atoms with Crippen molar-refractivity contribution in [3.8, 4) is 11.1 Å². The summed E-state index contributed by atoms with van der Waals surface area (Å²) < 4.78 is 0. The van der Waals surface area contributed by atoms with Crippen molar-refractivity contribution in [2.24, 2.45) is 0 Å². The Balaban J connectivity index is 1.82. The molecule has 0 spiro atoms. The average molecular weight is 371 g/mol. The summed E-state index contributed by atoms with van der Waals surface area (Å²) >= 11 is 0. The van der Waals surface area contributed by atoms with Crippen LogP contribution in [0.3, 0.4) is 0 Å². The fraction of sp³-hybridized carbons (Fsp3) is 0.0870. The van der Waals surface area contributed by atoms with Crippen molar-refractivity contribution < 1.29 is 19.5 Å². The average Bonchev–Trinajstić information content (AvgIpc) is 3.01. The maximum Gasteiger partial charge on any atom is 0.305 e. The van der Waals surface area contributed by atoms with E-state index >= 15 is 0 Å². The van der Waals surface area contributed by atoms with Gasteiger partial charge >= 0.3 is 5.97 Å². The van der Waals surface area contributed by atoms with Gasteiger partial charge in [0.1, 0.15) is 0 Å². The summed E-state index contributed by atoms with van der Waals surface area (Å²) in [7, 11) is 0. The topological polar surface area (TPSA) is 74.7 Å². The highest BCUT2D eigenvalue weighted by Gasteiger charge is 2.31. The highest BCUT2D eigenvalue weighted by atomic mass is 16.4. The van der Waals surface area contributed by atoms with Gasteiger partial charge in [-0.15, -0.1) is 0 Å². The minimum absolute atomic E-state index is 0.0391. The zero-order valence-electron chi connectivity index (χ0n) is 15.0. The number of benzene rings is 3. The summed E-state index contributed by atoms with van der Waals surface area (Å²) in [4.78, 5) is 38.7. The van der Waals surface area contributed by atoms with Crippen LogP contribution >= 0.6 is 0 Å². The molecule has 0 saturated heterocycles. The number of carboxylic acid groups (broad SMARTS) is 1. The van der Waals surface area contributed by atoms with E-state index in [0.29, 0.717) is 27.9 Å². The maximum absolute atomic E-state index is 13.5. The molecule has 5 heteroatoms. The lowest BCUT2D eigenvalue weighted by Crippen LogP contribution is -2.33. The summed E-state index contributed by atoms with van der Waals surface area (Å²) in [6.07, 6.45) is -0.175. The molecule has 0 bridgehead atoms. The molecule has 0 atom stereocenters. The van der Waals surface area contributed by atoms with Crippen molar-refractivity contribution in [2.75, 3.05) is 11.4 Å². The van der Waals surface area contributed by atoms with Gasteiger partial charge in [0.05, 0.1) is 6.42 Å². The molecular formula is C23H17NO4. The summed E-state index contributed by atoms with van der Waals surface area (Å²) in [5.41, 5.74) is 3.43. The molecule has 0 radical (unpaired) electrons. The van der Waals surface area contributed by atoms with Crippen LogP contribution in [0.4, 0.5) is 5.69 Å². The Kier molecular flexibility index (Phi) is 4.49. The smallest absolute Gasteiger partial charge is 0.305 e. The van der Waals surface area contributed by atoms with Crippen LogP contribution in [0.25, 0.3) is 11.1 Å². The van der Waals surface area contributed by atoms with Crippen molar-refractivity contribution in [3.63, 3.8) is 0 Å². The van der Waals surface area contributed by atoms with E-state index in [0.717, 1.165) is 5.56 Å². The first-order valence-electron chi connectivity index (χ1n) is 8.94.